The number of hydrogen-bond donors (Lipinski definition) is 3. The molecule has 0 saturated carbocycles. The SMILES string of the molecule is COCC(NCC1(O)CCOC1)C(=O)O. The molecule has 0 spiro atoms. The molecular formula is C9H17NO5. The molecule has 3 N–H and O–H groups in total. The number of nitrogens with one attached hydrogen (secondary N) is 1. The first kappa shape index (κ1) is 12.4. The van der Waals surface area contributed by atoms with Gasteiger partial charge in [0.25, 0.3) is 0 Å². The predicted octanol–water partition coefficient (Wildman–Crippen LogP) is -1.17. The summed E-state index contributed by atoms with van der Waals surface area (Å²) in [6.07, 6.45) is 0.527. The molecule has 1 rings (SSSR count). The Balaban J connectivity index is 2.35. The summed E-state index contributed by atoms with van der Waals surface area (Å²) >= 11 is 0. The number of hydrogen-bond acceptors (Lipinski definition) is 5. The largest absolute Gasteiger partial charge is 0.480 e. The maximum atomic E-state index is 10.7. The summed E-state index contributed by atoms with van der Waals surface area (Å²) in [6.45, 7) is 1.04. The highest BCUT2D eigenvalue weighted by Gasteiger charge is 2.33. The van der Waals surface area contributed by atoms with Crippen LogP contribution >= 0.6 is 0 Å². The molecule has 0 aromatic rings. The van der Waals surface area contributed by atoms with E-state index in [0.29, 0.717) is 13.0 Å². The van der Waals surface area contributed by atoms with Crippen molar-refractivity contribution >= 4 is 5.97 Å². The molecule has 2 atom stereocenters. The molecule has 1 saturated heterocycles. The van der Waals surface area contributed by atoms with Gasteiger partial charge in [0.15, 0.2) is 0 Å². The van der Waals surface area contributed by atoms with Gasteiger partial charge in [-0.2, -0.15) is 0 Å². The van der Waals surface area contributed by atoms with Crippen molar-refractivity contribution in [2.24, 2.45) is 0 Å². The molecule has 0 bridgehead atoms. The van der Waals surface area contributed by atoms with E-state index in [9.17, 15) is 9.90 Å². The first-order chi connectivity index (χ1) is 7.07. The Morgan fingerprint density at radius 3 is 2.93 bits per heavy atom. The molecule has 1 aliphatic heterocycles. The minimum absolute atomic E-state index is 0.0757. The van der Waals surface area contributed by atoms with Crippen molar-refractivity contribution in [3.8, 4) is 0 Å². The van der Waals surface area contributed by atoms with E-state index in [1.165, 1.54) is 7.11 Å². The van der Waals surface area contributed by atoms with Crippen molar-refractivity contribution in [2.75, 3.05) is 33.5 Å². The Labute approximate surface area is 88.2 Å². The Hall–Kier alpha value is -0.690. The number of carbonyl (C=O) groups is 1. The van der Waals surface area contributed by atoms with Crippen molar-refractivity contribution < 1.29 is 24.5 Å². The second kappa shape index (κ2) is 5.41. The van der Waals surface area contributed by atoms with Crippen molar-refractivity contribution in [1.82, 2.24) is 5.32 Å². The van der Waals surface area contributed by atoms with Gasteiger partial charge in [-0.05, 0) is 0 Å². The van der Waals surface area contributed by atoms with Crippen LogP contribution in [0.15, 0.2) is 0 Å². The molecular weight excluding hydrogens is 202 g/mol. The third kappa shape index (κ3) is 3.75. The van der Waals surface area contributed by atoms with E-state index in [2.05, 4.69) is 5.32 Å². The summed E-state index contributed by atoms with van der Waals surface area (Å²) in [5.41, 5.74) is -0.943. The van der Waals surface area contributed by atoms with Crippen LogP contribution in [-0.2, 0) is 14.3 Å². The Morgan fingerprint density at radius 1 is 1.73 bits per heavy atom. The number of aliphatic carboxylic acids is 1. The minimum Gasteiger partial charge on any atom is -0.480 e. The molecule has 1 heterocycles. The van der Waals surface area contributed by atoms with E-state index in [1.807, 2.05) is 0 Å². The van der Waals surface area contributed by atoms with E-state index in [4.69, 9.17) is 14.6 Å². The molecule has 0 radical (unpaired) electrons. The molecule has 15 heavy (non-hydrogen) atoms. The lowest BCUT2D eigenvalue weighted by Gasteiger charge is -2.23. The lowest BCUT2D eigenvalue weighted by Crippen LogP contribution is -2.49. The monoisotopic (exact) mass is 219 g/mol. The summed E-state index contributed by atoms with van der Waals surface area (Å²) in [5.74, 6) is -0.987. The second-order valence-corrected chi connectivity index (χ2v) is 3.75. The molecule has 1 fully saturated rings. The normalized spacial score (nSPS) is 27.9. The molecule has 2 unspecified atom stereocenters. The summed E-state index contributed by atoms with van der Waals surface area (Å²) in [5, 5.41) is 21.4. The number of rotatable bonds is 6. The second-order valence-electron chi connectivity index (χ2n) is 3.75. The van der Waals surface area contributed by atoms with Crippen molar-refractivity contribution in [2.45, 2.75) is 18.1 Å². The molecule has 88 valence electrons. The molecule has 0 aromatic carbocycles. The standard InChI is InChI=1S/C9H17NO5/c1-14-4-7(8(11)12)10-5-9(13)2-3-15-6-9/h7,10,13H,2-6H2,1H3,(H,11,12). The lowest BCUT2D eigenvalue weighted by atomic mass is 10.0. The number of carboxylic acids is 1. The summed E-state index contributed by atoms with van der Waals surface area (Å²) in [7, 11) is 1.44. The highest BCUT2D eigenvalue weighted by molar-refractivity contribution is 5.73. The third-order valence-corrected chi connectivity index (χ3v) is 2.39. The van der Waals surface area contributed by atoms with E-state index in [0.717, 1.165) is 0 Å². The van der Waals surface area contributed by atoms with Crippen LogP contribution in [0.4, 0.5) is 0 Å². The van der Waals surface area contributed by atoms with Crippen LogP contribution < -0.4 is 5.32 Å². The van der Waals surface area contributed by atoms with E-state index in [1.54, 1.807) is 0 Å². The quantitative estimate of drug-likeness (QED) is 0.521. The maximum absolute atomic E-state index is 10.7. The molecule has 0 aliphatic carbocycles. The van der Waals surface area contributed by atoms with Gasteiger partial charge in [0.2, 0.25) is 0 Å². The summed E-state index contributed by atoms with van der Waals surface area (Å²) in [4.78, 5) is 10.7. The number of ether oxygens (including phenoxy) is 2. The van der Waals surface area contributed by atoms with Crippen LogP contribution in [0.5, 0.6) is 0 Å². The first-order valence-corrected chi connectivity index (χ1v) is 4.83. The summed E-state index contributed by atoms with van der Waals surface area (Å²) < 4.78 is 9.80. The van der Waals surface area contributed by atoms with Crippen LogP contribution in [0.3, 0.4) is 0 Å². The fraction of sp³-hybridized carbons (Fsp3) is 0.889. The van der Waals surface area contributed by atoms with Crippen LogP contribution in [0, 0.1) is 0 Å². The van der Waals surface area contributed by atoms with Crippen LogP contribution in [0.25, 0.3) is 0 Å². The lowest BCUT2D eigenvalue weighted by molar-refractivity contribution is -0.141. The number of methoxy groups -OCH3 is 1. The van der Waals surface area contributed by atoms with Gasteiger partial charge < -0.3 is 19.7 Å². The third-order valence-electron chi connectivity index (χ3n) is 2.39. The molecule has 0 amide bonds. The number of aliphatic hydroxyl groups is 1. The van der Waals surface area contributed by atoms with Crippen molar-refractivity contribution in [1.29, 1.82) is 0 Å². The highest BCUT2D eigenvalue weighted by atomic mass is 16.5. The average molecular weight is 219 g/mol. The van der Waals surface area contributed by atoms with Gasteiger partial charge in [-0.15, -0.1) is 0 Å². The first-order valence-electron chi connectivity index (χ1n) is 4.83. The van der Waals surface area contributed by atoms with Crippen molar-refractivity contribution in [3.63, 3.8) is 0 Å². The van der Waals surface area contributed by atoms with Gasteiger partial charge in [0.1, 0.15) is 11.6 Å². The zero-order valence-corrected chi connectivity index (χ0v) is 8.73. The fourth-order valence-corrected chi connectivity index (χ4v) is 1.43. The van der Waals surface area contributed by atoms with Crippen molar-refractivity contribution in [3.05, 3.63) is 0 Å². The highest BCUT2D eigenvalue weighted by Crippen LogP contribution is 2.17. The Kier molecular flexibility index (Phi) is 4.46. The number of carboxylic acid groups (broad SMARTS) is 1. The van der Waals surface area contributed by atoms with Gasteiger partial charge in [-0.3, -0.25) is 10.1 Å². The van der Waals surface area contributed by atoms with Gasteiger partial charge in [-0.1, -0.05) is 0 Å². The summed E-state index contributed by atoms with van der Waals surface area (Å²) in [6, 6.07) is -0.792. The van der Waals surface area contributed by atoms with Gasteiger partial charge >= 0.3 is 5.97 Å². The van der Waals surface area contributed by atoms with Gasteiger partial charge in [0, 0.05) is 26.7 Å². The predicted molar refractivity (Wildman–Crippen MR) is 51.7 cm³/mol. The molecule has 6 nitrogen and oxygen atoms in total. The zero-order valence-electron chi connectivity index (χ0n) is 8.73. The molecule has 1 aliphatic rings. The van der Waals surface area contributed by atoms with E-state index < -0.39 is 17.6 Å². The average Bonchev–Trinajstić information content (AvgIpc) is 2.60. The molecule has 6 heteroatoms. The van der Waals surface area contributed by atoms with Gasteiger partial charge in [-0.25, -0.2) is 0 Å². The van der Waals surface area contributed by atoms with Crippen LogP contribution in [0.2, 0.25) is 0 Å². The van der Waals surface area contributed by atoms with Crippen LogP contribution in [0.1, 0.15) is 6.42 Å². The Morgan fingerprint density at radius 2 is 2.47 bits per heavy atom. The topological polar surface area (TPSA) is 88.0 Å². The fourth-order valence-electron chi connectivity index (χ4n) is 1.43. The van der Waals surface area contributed by atoms with E-state index in [-0.39, 0.29) is 19.8 Å². The smallest absolute Gasteiger partial charge is 0.323 e. The maximum Gasteiger partial charge on any atom is 0.323 e. The molecule has 0 aromatic heterocycles. The van der Waals surface area contributed by atoms with Crippen LogP contribution in [-0.4, -0.2) is 61.3 Å². The minimum atomic E-state index is -0.987. The zero-order chi connectivity index (χ0) is 11.3. The van der Waals surface area contributed by atoms with Gasteiger partial charge in [0.05, 0.1) is 13.2 Å². The Bertz CT molecular complexity index is 215. The van der Waals surface area contributed by atoms with E-state index >= 15 is 0 Å².